The van der Waals surface area contributed by atoms with Crippen LogP contribution in [-0.2, 0) is 4.79 Å². The molecule has 0 bridgehead atoms. The van der Waals surface area contributed by atoms with E-state index in [1.807, 2.05) is 30.3 Å². The van der Waals surface area contributed by atoms with Crippen molar-refractivity contribution in [3.63, 3.8) is 0 Å². The van der Waals surface area contributed by atoms with E-state index in [-0.39, 0.29) is 0 Å². The number of hydrogen-bond acceptors (Lipinski definition) is 8. The monoisotopic (exact) mass is 516 g/mol. The summed E-state index contributed by atoms with van der Waals surface area (Å²) < 4.78 is 12.4. The maximum atomic E-state index is 10.7. The molecule has 4 rings (SSSR count). The summed E-state index contributed by atoms with van der Waals surface area (Å²) in [7, 11) is 0. The van der Waals surface area contributed by atoms with Crippen molar-refractivity contribution in [2.75, 3.05) is 17.7 Å². The van der Waals surface area contributed by atoms with E-state index >= 15 is 0 Å². The summed E-state index contributed by atoms with van der Waals surface area (Å²) in [6.45, 7) is 1.75. The number of thioether (sulfide) groups is 1. The van der Waals surface area contributed by atoms with Crippen molar-refractivity contribution in [1.82, 2.24) is 15.2 Å². The van der Waals surface area contributed by atoms with Gasteiger partial charge in [0.05, 0.1) is 0 Å². The molecule has 0 aliphatic carbocycles. The zero-order valence-corrected chi connectivity index (χ0v) is 19.6. The number of unbranched alkanes of at least 4 members (excludes halogenated alkanes) is 1. The number of carboxylic acid groups (broad SMARTS) is 1. The zero-order valence-electron chi connectivity index (χ0n) is 17.2. The molecular weight excluding hydrogens is 496 g/mol. The van der Waals surface area contributed by atoms with E-state index < -0.39 is 18.8 Å². The van der Waals surface area contributed by atoms with Crippen molar-refractivity contribution < 1.29 is 19.4 Å². The summed E-state index contributed by atoms with van der Waals surface area (Å²) in [5.74, 6) is 0.758. The van der Waals surface area contributed by atoms with Crippen LogP contribution in [0.1, 0.15) is 31.6 Å². The molecule has 0 unspecified atom stereocenters. The normalized spacial score (nSPS) is 14.4. The van der Waals surface area contributed by atoms with Crippen LogP contribution in [-0.4, -0.2) is 38.6 Å². The third-order valence-electron chi connectivity index (χ3n) is 4.66. The molecular formula is C22H21BrN4O4S. The summed E-state index contributed by atoms with van der Waals surface area (Å²) in [6.07, 6.45) is 1.64. The molecule has 0 spiro atoms. The Labute approximate surface area is 197 Å². The Kier molecular flexibility index (Phi) is 7.11. The molecule has 3 aromatic rings. The fraction of sp³-hybridized carbons (Fsp3) is 0.273. The number of carboxylic acids is 1. The quantitative estimate of drug-likeness (QED) is 0.310. The highest BCUT2D eigenvalue weighted by Gasteiger charge is 2.26. The van der Waals surface area contributed by atoms with Gasteiger partial charge in [0.15, 0.2) is 18.5 Å². The summed E-state index contributed by atoms with van der Waals surface area (Å²) in [5.41, 5.74) is 3.07. The number of rotatable bonds is 8. The molecule has 0 amide bonds. The van der Waals surface area contributed by atoms with Crippen LogP contribution in [0.2, 0.25) is 0 Å². The Morgan fingerprint density at radius 2 is 2.06 bits per heavy atom. The van der Waals surface area contributed by atoms with Crippen LogP contribution < -0.4 is 14.8 Å². The van der Waals surface area contributed by atoms with E-state index in [0.717, 1.165) is 39.9 Å². The molecule has 1 atom stereocenters. The first kappa shape index (κ1) is 22.3. The number of ether oxygens (including phenoxy) is 2. The van der Waals surface area contributed by atoms with Gasteiger partial charge >= 0.3 is 5.97 Å². The van der Waals surface area contributed by atoms with E-state index in [1.165, 1.54) is 0 Å². The highest BCUT2D eigenvalue weighted by Crippen LogP contribution is 2.41. The van der Waals surface area contributed by atoms with Crippen LogP contribution in [0.25, 0.3) is 11.3 Å². The molecule has 2 aromatic carbocycles. The molecule has 1 aromatic heterocycles. The number of aliphatic carboxylic acids is 1. The Morgan fingerprint density at radius 1 is 1.25 bits per heavy atom. The van der Waals surface area contributed by atoms with Gasteiger partial charge in [-0.2, -0.15) is 4.98 Å². The molecule has 2 heterocycles. The fourth-order valence-electron chi connectivity index (χ4n) is 3.07. The third-order valence-corrected chi connectivity index (χ3v) is 6.08. The lowest BCUT2D eigenvalue weighted by atomic mass is 10.1. The first-order valence-electron chi connectivity index (χ1n) is 10.1. The van der Waals surface area contributed by atoms with Gasteiger partial charge in [-0.05, 0) is 48.9 Å². The number of nitrogens with one attached hydrogen (secondary N) is 1. The highest BCUT2D eigenvalue weighted by atomic mass is 79.9. The van der Waals surface area contributed by atoms with E-state index in [2.05, 4.69) is 43.4 Å². The third kappa shape index (κ3) is 5.31. The molecule has 32 heavy (non-hydrogen) atoms. The van der Waals surface area contributed by atoms with Gasteiger partial charge in [0.2, 0.25) is 11.0 Å². The molecule has 10 heteroatoms. The predicted molar refractivity (Wildman–Crippen MR) is 125 cm³/mol. The van der Waals surface area contributed by atoms with Crippen LogP contribution in [0.3, 0.4) is 0 Å². The van der Waals surface area contributed by atoms with Crippen molar-refractivity contribution in [3.8, 4) is 22.9 Å². The van der Waals surface area contributed by atoms with Crippen LogP contribution in [0, 0.1) is 0 Å². The van der Waals surface area contributed by atoms with E-state index in [4.69, 9.17) is 14.6 Å². The second-order valence-corrected chi connectivity index (χ2v) is 9.01. The summed E-state index contributed by atoms with van der Waals surface area (Å²) in [4.78, 5) is 15.4. The van der Waals surface area contributed by atoms with E-state index in [1.54, 1.807) is 23.9 Å². The number of halogens is 1. The average Bonchev–Trinajstić information content (AvgIpc) is 2.94. The molecule has 1 aliphatic heterocycles. The standard InChI is InChI=1S/C22H21BrN4O4S/c1-2-3-10-32-22-25-21-19(26-27-22)16-11-14(23)6-9-17(16)24-20(31-21)13-4-7-15(8-5-13)30-12-18(28)29/h4-9,11,20,24H,2-3,10,12H2,1H3,(H,28,29)/t20-/m0/s1. The fourth-order valence-corrected chi connectivity index (χ4v) is 4.30. The maximum absolute atomic E-state index is 10.7. The summed E-state index contributed by atoms with van der Waals surface area (Å²) in [5, 5.41) is 21.5. The number of nitrogens with zero attached hydrogens (tertiary/aromatic N) is 3. The molecule has 0 fully saturated rings. The lowest BCUT2D eigenvalue weighted by Gasteiger charge is -2.19. The van der Waals surface area contributed by atoms with Gasteiger partial charge in [0.25, 0.3) is 0 Å². The van der Waals surface area contributed by atoms with Crippen molar-refractivity contribution in [2.24, 2.45) is 0 Å². The van der Waals surface area contributed by atoms with Gasteiger partial charge in [-0.1, -0.05) is 41.0 Å². The van der Waals surface area contributed by atoms with Crippen molar-refractivity contribution >= 4 is 39.3 Å². The zero-order chi connectivity index (χ0) is 22.5. The lowest BCUT2D eigenvalue weighted by Crippen LogP contribution is -2.17. The minimum atomic E-state index is -1.03. The maximum Gasteiger partial charge on any atom is 0.341 e. The number of carbonyl (C=O) groups is 1. The first-order valence-corrected chi connectivity index (χ1v) is 11.9. The van der Waals surface area contributed by atoms with Gasteiger partial charge in [-0.3, -0.25) is 0 Å². The largest absolute Gasteiger partial charge is 0.482 e. The molecule has 0 radical (unpaired) electrons. The minimum absolute atomic E-state index is 0.395. The second-order valence-electron chi connectivity index (χ2n) is 7.03. The van der Waals surface area contributed by atoms with Gasteiger partial charge in [0, 0.05) is 27.0 Å². The Balaban J connectivity index is 1.66. The summed E-state index contributed by atoms with van der Waals surface area (Å²) >= 11 is 5.08. The Morgan fingerprint density at radius 3 is 2.81 bits per heavy atom. The van der Waals surface area contributed by atoms with Gasteiger partial charge < -0.3 is 19.9 Å². The lowest BCUT2D eigenvalue weighted by molar-refractivity contribution is -0.139. The van der Waals surface area contributed by atoms with Crippen LogP contribution >= 0.6 is 27.7 Å². The minimum Gasteiger partial charge on any atom is -0.482 e. The van der Waals surface area contributed by atoms with Crippen LogP contribution in [0.4, 0.5) is 5.69 Å². The number of hydrogen-bond donors (Lipinski definition) is 2. The van der Waals surface area contributed by atoms with Gasteiger partial charge in [-0.25, -0.2) is 4.79 Å². The smallest absolute Gasteiger partial charge is 0.341 e. The second kappa shape index (κ2) is 10.2. The number of anilines is 1. The number of fused-ring (bicyclic) bond motifs is 3. The van der Waals surface area contributed by atoms with Crippen molar-refractivity contribution in [2.45, 2.75) is 31.1 Å². The Bertz CT molecular complexity index is 1110. The molecule has 166 valence electrons. The first-order chi connectivity index (χ1) is 15.5. The SMILES string of the molecule is CCCCSc1nnc2c(n1)O[C@@H](c1ccc(OCC(=O)O)cc1)Nc1ccc(Br)cc1-2. The number of aromatic nitrogens is 3. The van der Waals surface area contributed by atoms with Gasteiger partial charge in [-0.15, -0.1) is 10.2 Å². The van der Waals surface area contributed by atoms with E-state index in [9.17, 15) is 4.79 Å². The predicted octanol–water partition coefficient (Wildman–Crippen LogP) is 5.16. The molecule has 8 nitrogen and oxygen atoms in total. The van der Waals surface area contributed by atoms with Crippen molar-refractivity contribution in [3.05, 3.63) is 52.5 Å². The molecule has 0 saturated heterocycles. The van der Waals surface area contributed by atoms with E-state index in [0.29, 0.717) is 22.5 Å². The molecule has 0 saturated carbocycles. The van der Waals surface area contributed by atoms with Crippen LogP contribution in [0.15, 0.2) is 52.1 Å². The molecule has 1 aliphatic rings. The van der Waals surface area contributed by atoms with Gasteiger partial charge in [0.1, 0.15) is 5.75 Å². The number of benzene rings is 2. The van der Waals surface area contributed by atoms with Crippen molar-refractivity contribution in [1.29, 1.82) is 0 Å². The Hall–Kier alpha value is -2.85. The highest BCUT2D eigenvalue weighted by molar-refractivity contribution is 9.10. The van der Waals surface area contributed by atoms with Crippen LogP contribution in [0.5, 0.6) is 11.6 Å². The topological polar surface area (TPSA) is 106 Å². The molecule has 2 N–H and O–H groups in total. The average molecular weight is 517 g/mol. The summed E-state index contributed by atoms with van der Waals surface area (Å²) in [6, 6.07) is 12.9.